The van der Waals surface area contributed by atoms with Gasteiger partial charge in [0.1, 0.15) is 5.56 Å². The van der Waals surface area contributed by atoms with E-state index in [1.165, 1.54) is 18.2 Å². The fraction of sp³-hybridized carbons (Fsp3) is 0.129. The summed E-state index contributed by atoms with van der Waals surface area (Å²) >= 11 is 0. The van der Waals surface area contributed by atoms with Crippen LogP contribution in [0.1, 0.15) is 55.6 Å². The maximum absolute atomic E-state index is 17.3. The third-order valence-electron chi connectivity index (χ3n) is 16.6. The average Bonchev–Trinajstić information content (AvgIpc) is 1.54. The molecule has 12 rings (SSSR count). The third kappa shape index (κ3) is 12.5. The molecule has 514 valence electrons. The molecule has 0 N–H and O–H groups in total. The molecule has 10 aromatic carbocycles. The number of halogens is 27. The first-order valence-corrected chi connectivity index (χ1v) is 28.3. The van der Waals surface area contributed by atoms with Crippen molar-refractivity contribution in [2.75, 3.05) is 0 Å². The molecule has 30 heteroatoms. The van der Waals surface area contributed by atoms with Crippen molar-refractivity contribution in [2.45, 2.75) is 55.6 Å². The first kappa shape index (κ1) is 69.3. The van der Waals surface area contributed by atoms with Crippen molar-refractivity contribution in [3.05, 3.63) is 238 Å². The Morgan fingerprint density at radius 2 is 0.530 bits per heavy atom. The van der Waals surface area contributed by atoms with Crippen LogP contribution in [0.2, 0.25) is 0 Å². The van der Waals surface area contributed by atoms with Crippen molar-refractivity contribution >= 4 is 43.6 Å². The highest BCUT2D eigenvalue weighted by Crippen LogP contribution is 2.53. The predicted molar refractivity (Wildman–Crippen MR) is 312 cm³/mol. The second-order valence-corrected chi connectivity index (χ2v) is 22.7. The Labute approximate surface area is 541 Å². The number of fused-ring (bicyclic) bond motifs is 6. The number of aromatic nitrogens is 2. The van der Waals surface area contributed by atoms with E-state index in [4.69, 9.17) is 0 Å². The predicted octanol–water partition coefficient (Wildman–Crippen LogP) is 25.3. The second kappa shape index (κ2) is 23.3. The minimum atomic E-state index is -5.83. The van der Waals surface area contributed by atoms with Crippen LogP contribution in [0.4, 0.5) is 119 Å². The van der Waals surface area contributed by atoms with E-state index in [-0.39, 0.29) is 59.7 Å². The van der Waals surface area contributed by atoms with Crippen LogP contribution in [0, 0.1) is 11.3 Å². The number of alkyl halides is 27. The van der Waals surface area contributed by atoms with Gasteiger partial charge in [-0.1, -0.05) is 66.7 Å². The summed E-state index contributed by atoms with van der Waals surface area (Å²) in [5, 5.41) is 8.05. The van der Waals surface area contributed by atoms with Gasteiger partial charge in [0, 0.05) is 27.1 Å². The second-order valence-electron chi connectivity index (χ2n) is 22.7. The van der Waals surface area contributed by atoms with E-state index in [2.05, 4.69) is 0 Å². The van der Waals surface area contributed by atoms with Crippen LogP contribution in [0.5, 0.6) is 0 Å². The van der Waals surface area contributed by atoms with Gasteiger partial charge in [-0.25, -0.2) is 0 Å². The Bertz CT molecular complexity index is 5100. The third-order valence-corrected chi connectivity index (χ3v) is 16.6. The normalized spacial score (nSPS) is 13.3. The zero-order valence-electron chi connectivity index (χ0n) is 48.9. The van der Waals surface area contributed by atoms with Crippen LogP contribution in [0.15, 0.2) is 182 Å². The molecule has 0 atom stereocenters. The van der Waals surface area contributed by atoms with E-state index in [0.29, 0.717) is 24.3 Å². The van der Waals surface area contributed by atoms with Gasteiger partial charge < -0.3 is 9.13 Å². The SMILES string of the molecule is N#Cc1cccc(-c2ccc(-n3c4ccc(-c5ccc(C(F)(F)F)cc5C(F)(F)F)cc4c4cc(-c5ccc(C(F)(F)F)cc5C(F)(F)F)ccc43)c(C(F)(F)F)c2-n2c3ccc(-c4ccc(C(F)(F)F)cc4C(F)(F)F)cc3c3cc(-c4ccc(C(F)(F)F)cc4C(F)(F)F)ccc32)c1. The van der Waals surface area contributed by atoms with E-state index in [1.54, 1.807) is 6.07 Å². The highest BCUT2D eigenvalue weighted by atomic mass is 19.4. The van der Waals surface area contributed by atoms with Crippen molar-refractivity contribution in [2.24, 2.45) is 0 Å². The number of rotatable bonds is 7. The zero-order chi connectivity index (χ0) is 72.9. The van der Waals surface area contributed by atoms with Crippen molar-refractivity contribution < 1.29 is 119 Å². The van der Waals surface area contributed by atoms with Crippen molar-refractivity contribution in [1.29, 1.82) is 5.26 Å². The fourth-order valence-corrected chi connectivity index (χ4v) is 12.3. The van der Waals surface area contributed by atoms with Gasteiger partial charge >= 0.3 is 55.6 Å². The molecule has 0 spiro atoms. The van der Waals surface area contributed by atoms with Gasteiger partial charge in [-0.3, -0.25) is 0 Å². The summed E-state index contributed by atoms with van der Waals surface area (Å²) in [5.74, 6) is 0. The Balaban J connectivity index is 1.23. The molecule has 0 fully saturated rings. The Morgan fingerprint density at radius 1 is 0.250 bits per heavy atom. The van der Waals surface area contributed by atoms with Gasteiger partial charge in [-0.2, -0.15) is 124 Å². The van der Waals surface area contributed by atoms with Crippen molar-refractivity contribution in [3.8, 4) is 73.1 Å². The number of benzene rings is 10. The first-order valence-electron chi connectivity index (χ1n) is 28.3. The summed E-state index contributed by atoms with van der Waals surface area (Å²) in [6.07, 6.45) is -49.7. The summed E-state index contributed by atoms with van der Waals surface area (Å²) in [6.45, 7) is 0. The molecule has 0 aliphatic rings. The molecule has 2 heterocycles. The molecule has 0 unspecified atom stereocenters. The standard InChI is InChI=1S/C70H30F27N3/c71-62(72,73)38-8-12-42(51(27-38)66(83,84)85)34-4-17-55-47(23-34)48-24-35(43-13-9-39(63(74,75)76)28-52(43)67(86,87)88)5-18-56(48)99(55)59-21-16-46(33-3-1-2-32(22-33)31-98)61(60(59)70(95,96)97)100-57-19-6-36(44-14-10-40(64(77,78)79)29-53(44)68(89,90)91)25-49(57)50-26-37(7-20-58(50)100)45-15-11-41(65(80,81)82)30-54(45)69(92,93)94/h1-30H. The molecule has 0 amide bonds. The minimum Gasteiger partial charge on any atom is -0.309 e. The highest BCUT2D eigenvalue weighted by molar-refractivity contribution is 6.14. The molecular formula is C70H30F27N3. The molecular weight excluding hydrogens is 1400 g/mol. The van der Waals surface area contributed by atoms with E-state index >= 15 is 13.2 Å². The Morgan fingerprint density at radius 3 is 0.800 bits per heavy atom. The van der Waals surface area contributed by atoms with E-state index in [0.717, 1.165) is 100 Å². The maximum Gasteiger partial charge on any atom is 0.420 e. The van der Waals surface area contributed by atoms with Gasteiger partial charge in [0.25, 0.3) is 0 Å². The molecule has 0 saturated heterocycles. The van der Waals surface area contributed by atoms with Crippen LogP contribution in [0.25, 0.3) is 111 Å². The largest absolute Gasteiger partial charge is 0.420 e. The topological polar surface area (TPSA) is 33.6 Å². The summed E-state index contributed by atoms with van der Waals surface area (Å²) in [6, 6.07) is 19.7. The fourth-order valence-electron chi connectivity index (χ4n) is 12.3. The molecule has 0 saturated carbocycles. The monoisotopic (exact) mass is 1430 g/mol. The molecule has 0 aliphatic heterocycles. The van der Waals surface area contributed by atoms with Gasteiger partial charge in [-0.15, -0.1) is 0 Å². The van der Waals surface area contributed by atoms with Crippen LogP contribution in [-0.2, 0) is 55.6 Å². The lowest BCUT2D eigenvalue weighted by Crippen LogP contribution is -2.17. The molecule has 2 aromatic heterocycles. The van der Waals surface area contributed by atoms with Crippen LogP contribution >= 0.6 is 0 Å². The maximum atomic E-state index is 17.3. The summed E-state index contributed by atoms with van der Waals surface area (Å²) < 4.78 is 400. The highest BCUT2D eigenvalue weighted by Gasteiger charge is 2.45. The van der Waals surface area contributed by atoms with Gasteiger partial charge in [0.2, 0.25) is 0 Å². The Hall–Kier alpha value is -10.6. The number of nitriles is 1. The van der Waals surface area contributed by atoms with E-state index in [1.807, 2.05) is 0 Å². The molecule has 12 aromatic rings. The summed E-state index contributed by atoms with van der Waals surface area (Å²) in [7, 11) is 0. The lowest BCUT2D eigenvalue weighted by atomic mass is 9.94. The van der Waals surface area contributed by atoms with E-state index < -0.39 is 211 Å². The van der Waals surface area contributed by atoms with Gasteiger partial charge in [-0.05, 0) is 165 Å². The van der Waals surface area contributed by atoms with Crippen molar-refractivity contribution in [1.82, 2.24) is 9.13 Å². The number of hydrogen-bond acceptors (Lipinski definition) is 1. The molecule has 0 aliphatic carbocycles. The molecule has 0 bridgehead atoms. The van der Waals surface area contributed by atoms with Crippen LogP contribution in [0.3, 0.4) is 0 Å². The zero-order valence-corrected chi connectivity index (χ0v) is 48.9. The minimum absolute atomic E-state index is 0.232. The lowest BCUT2D eigenvalue weighted by Gasteiger charge is -2.24. The van der Waals surface area contributed by atoms with Crippen LogP contribution < -0.4 is 0 Å². The lowest BCUT2D eigenvalue weighted by molar-refractivity contribution is -0.144. The molecule has 100 heavy (non-hydrogen) atoms. The van der Waals surface area contributed by atoms with Gasteiger partial charge in [0.15, 0.2) is 0 Å². The van der Waals surface area contributed by atoms with Crippen LogP contribution in [-0.4, -0.2) is 9.13 Å². The van der Waals surface area contributed by atoms with Gasteiger partial charge in [0.05, 0.1) is 89.6 Å². The van der Waals surface area contributed by atoms with E-state index in [9.17, 15) is 111 Å². The Kier molecular flexibility index (Phi) is 16.1. The van der Waals surface area contributed by atoms with Crippen molar-refractivity contribution in [3.63, 3.8) is 0 Å². The number of nitrogens with zero attached hydrogens (tertiary/aromatic N) is 3. The summed E-state index contributed by atoms with van der Waals surface area (Å²) in [4.78, 5) is 0. The molecule has 0 radical (unpaired) electrons. The smallest absolute Gasteiger partial charge is 0.309 e. The average molecular weight is 1430 g/mol. The first-order chi connectivity index (χ1) is 46.2. The quantitative estimate of drug-likeness (QED) is 0.146. The number of hydrogen-bond donors (Lipinski definition) is 0. The summed E-state index contributed by atoms with van der Waals surface area (Å²) in [5.41, 5.74) is -28.5. The molecule has 3 nitrogen and oxygen atoms in total.